The number of hydrogen-bond acceptors (Lipinski definition) is 5. The minimum absolute atomic E-state index is 0.0391. The number of ether oxygens (including phenoxy) is 1. The minimum Gasteiger partial charge on any atom is -0.460 e. The Labute approximate surface area is 181 Å². The number of sulfonamides is 1. The highest BCUT2D eigenvalue weighted by Crippen LogP contribution is 2.12. The van der Waals surface area contributed by atoms with Gasteiger partial charge in [0.25, 0.3) is 5.91 Å². The summed E-state index contributed by atoms with van der Waals surface area (Å²) in [6.07, 6.45) is 0. The number of esters is 1. The molecule has 2 N–H and O–H groups in total. The molecule has 8 heteroatoms. The molecular formula is C23H22N2O5S. The SMILES string of the molecule is O=C(CNC(=O)c1cccc(S(=O)(=O)NCc2ccccc2)c1)OCc1ccccc1. The van der Waals surface area contributed by atoms with Gasteiger partial charge >= 0.3 is 5.97 Å². The third-order valence-corrected chi connectivity index (χ3v) is 5.75. The van der Waals surface area contributed by atoms with Crippen LogP contribution >= 0.6 is 0 Å². The van der Waals surface area contributed by atoms with E-state index in [1.54, 1.807) is 0 Å². The Bertz CT molecular complexity index is 1130. The third-order valence-electron chi connectivity index (χ3n) is 4.35. The van der Waals surface area contributed by atoms with Crippen molar-refractivity contribution in [3.63, 3.8) is 0 Å². The first kappa shape index (κ1) is 22.2. The van der Waals surface area contributed by atoms with E-state index in [4.69, 9.17) is 4.74 Å². The lowest BCUT2D eigenvalue weighted by Gasteiger charge is -2.09. The number of carbonyl (C=O) groups is 2. The summed E-state index contributed by atoms with van der Waals surface area (Å²) in [5, 5.41) is 2.44. The summed E-state index contributed by atoms with van der Waals surface area (Å²) in [6, 6.07) is 23.9. The molecule has 3 rings (SSSR count). The average molecular weight is 439 g/mol. The van der Waals surface area contributed by atoms with E-state index in [1.165, 1.54) is 24.3 Å². The third kappa shape index (κ3) is 6.77. The summed E-state index contributed by atoms with van der Waals surface area (Å²) in [4.78, 5) is 24.2. The quantitative estimate of drug-likeness (QED) is 0.500. The van der Waals surface area contributed by atoms with E-state index >= 15 is 0 Å². The molecule has 3 aromatic carbocycles. The Balaban J connectivity index is 1.54. The van der Waals surface area contributed by atoms with E-state index < -0.39 is 21.9 Å². The highest BCUT2D eigenvalue weighted by atomic mass is 32.2. The molecule has 0 aromatic heterocycles. The molecule has 0 aliphatic rings. The van der Waals surface area contributed by atoms with Gasteiger partial charge in [-0.15, -0.1) is 0 Å². The Kier molecular flexibility index (Phi) is 7.53. The molecule has 3 aromatic rings. The molecule has 0 spiro atoms. The van der Waals surface area contributed by atoms with Crippen molar-refractivity contribution in [2.45, 2.75) is 18.0 Å². The largest absolute Gasteiger partial charge is 0.460 e. The predicted octanol–water partition coefficient (Wildman–Crippen LogP) is 2.64. The molecule has 0 saturated carbocycles. The van der Waals surface area contributed by atoms with Crippen molar-refractivity contribution in [1.29, 1.82) is 0 Å². The van der Waals surface area contributed by atoms with Gasteiger partial charge in [0.15, 0.2) is 0 Å². The van der Waals surface area contributed by atoms with Gasteiger partial charge in [0.1, 0.15) is 13.2 Å². The first-order valence-corrected chi connectivity index (χ1v) is 11.0. The van der Waals surface area contributed by atoms with E-state index in [0.29, 0.717) is 0 Å². The van der Waals surface area contributed by atoms with Crippen LogP contribution in [-0.2, 0) is 32.7 Å². The molecule has 0 radical (unpaired) electrons. The number of nitrogens with one attached hydrogen (secondary N) is 2. The number of rotatable bonds is 9. The summed E-state index contributed by atoms with van der Waals surface area (Å²) in [5.74, 6) is -1.16. The minimum atomic E-state index is -3.81. The standard InChI is InChI=1S/C23H22N2O5S/c26-22(30-17-19-10-5-2-6-11-19)16-24-23(27)20-12-7-13-21(14-20)31(28,29)25-15-18-8-3-1-4-9-18/h1-14,25H,15-17H2,(H,24,27). The topological polar surface area (TPSA) is 102 Å². The highest BCUT2D eigenvalue weighted by Gasteiger charge is 2.16. The Hall–Kier alpha value is -3.49. The second kappa shape index (κ2) is 10.5. The predicted molar refractivity (Wildman–Crippen MR) is 115 cm³/mol. The number of benzene rings is 3. The molecule has 0 aliphatic carbocycles. The van der Waals surface area contributed by atoms with Crippen molar-refractivity contribution in [3.8, 4) is 0 Å². The van der Waals surface area contributed by atoms with E-state index in [-0.39, 0.29) is 30.2 Å². The lowest BCUT2D eigenvalue weighted by molar-refractivity contribution is -0.143. The van der Waals surface area contributed by atoms with Crippen molar-refractivity contribution in [2.75, 3.05) is 6.54 Å². The van der Waals surface area contributed by atoms with Gasteiger partial charge in [0.2, 0.25) is 10.0 Å². The van der Waals surface area contributed by atoms with E-state index in [2.05, 4.69) is 10.0 Å². The van der Waals surface area contributed by atoms with Gasteiger partial charge in [-0.05, 0) is 29.3 Å². The maximum Gasteiger partial charge on any atom is 0.325 e. The monoisotopic (exact) mass is 438 g/mol. The molecule has 0 heterocycles. The Morgan fingerprint density at radius 1 is 0.806 bits per heavy atom. The molecule has 0 fully saturated rings. The van der Waals surface area contributed by atoms with E-state index in [1.807, 2.05) is 60.7 Å². The van der Waals surface area contributed by atoms with Crippen LogP contribution in [0.3, 0.4) is 0 Å². The number of hydrogen-bond donors (Lipinski definition) is 2. The number of carbonyl (C=O) groups excluding carboxylic acids is 2. The van der Waals surface area contributed by atoms with Gasteiger partial charge in [-0.25, -0.2) is 13.1 Å². The molecular weight excluding hydrogens is 416 g/mol. The van der Waals surface area contributed by atoms with Crippen LogP contribution in [0, 0.1) is 0 Å². The summed E-state index contributed by atoms with van der Waals surface area (Å²) in [7, 11) is -3.81. The summed E-state index contributed by atoms with van der Waals surface area (Å²) in [6.45, 7) is -0.0852. The van der Waals surface area contributed by atoms with Crippen LogP contribution in [-0.4, -0.2) is 26.8 Å². The van der Waals surface area contributed by atoms with Crippen molar-refractivity contribution in [3.05, 3.63) is 102 Å². The van der Waals surface area contributed by atoms with Crippen LogP contribution < -0.4 is 10.0 Å². The van der Waals surface area contributed by atoms with Gasteiger partial charge < -0.3 is 10.1 Å². The molecule has 7 nitrogen and oxygen atoms in total. The second-order valence-electron chi connectivity index (χ2n) is 6.67. The van der Waals surface area contributed by atoms with Crippen LogP contribution in [0.5, 0.6) is 0 Å². The number of amides is 1. The van der Waals surface area contributed by atoms with Crippen LogP contribution in [0.25, 0.3) is 0 Å². The molecule has 31 heavy (non-hydrogen) atoms. The maximum absolute atomic E-state index is 12.5. The zero-order valence-electron chi connectivity index (χ0n) is 16.7. The fourth-order valence-electron chi connectivity index (χ4n) is 2.71. The van der Waals surface area contributed by atoms with E-state index in [9.17, 15) is 18.0 Å². The first-order valence-electron chi connectivity index (χ1n) is 9.55. The molecule has 1 amide bonds. The second-order valence-corrected chi connectivity index (χ2v) is 8.43. The Morgan fingerprint density at radius 3 is 2.13 bits per heavy atom. The van der Waals surface area contributed by atoms with Crippen molar-refractivity contribution in [1.82, 2.24) is 10.0 Å². The fourth-order valence-corrected chi connectivity index (χ4v) is 3.77. The van der Waals surface area contributed by atoms with Crippen LogP contribution in [0.2, 0.25) is 0 Å². The lowest BCUT2D eigenvalue weighted by atomic mass is 10.2. The van der Waals surface area contributed by atoms with Gasteiger partial charge in [-0.1, -0.05) is 66.7 Å². The molecule has 160 valence electrons. The summed E-state index contributed by atoms with van der Waals surface area (Å²) < 4.78 is 32.7. The molecule has 0 unspecified atom stereocenters. The maximum atomic E-state index is 12.5. The molecule has 0 saturated heterocycles. The van der Waals surface area contributed by atoms with Crippen molar-refractivity contribution >= 4 is 21.9 Å². The average Bonchev–Trinajstić information content (AvgIpc) is 2.81. The van der Waals surface area contributed by atoms with Gasteiger partial charge in [0, 0.05) is 12.1 Å². The van der Waals surface area contributed by atoms with Crippen molar-refractivity contribution in [2.24, 2.45) is 0 Å². The fraction of sp³-hybridized carbons (Fsp3) is 0.130. The normalized spacial score (nSPS) is 11.0. The van der Waals surface area contributed by atoms with Gasteiger partial charge in [-0.3, -0.25) is 9.59 Å². The van der Waals surface area contributed by atoms with Crippen LogP contribution in [0.1, 0.15) is 21.5 Å². The smallest absolute Gasteiger partial charge is 0.325 e. The molecule has 0 atom stereocenters. The summed E-state index contributed by atoms with van der Waals surface area (Å²) >= 11 is 0. The molecule has 0 bridgehead atoms. The first-order chi connectivity index (χ1) is 14.9. The van der Waals surface area contributed by atoms with E-state index in [0.717, 1.165) is 11.1 Å². The zero-order valence-corrected chi connectivity index (χ0v) is 17.5. The van der Waals surface area contributed by atoms with Gasteiger partial charge in [0.05, 0.1) is 4.90 Å². The van der Waals surface area contributed by atoms with Crippen LogP contribution in [0.4, 0.5) is 0 Å². The lowest BCUT2D eigenvalue weighted by Crippen LogP contribution is -2.31. The van der Waals surface area contributed by atoms with Crippen molar-refractivity contribution < 1.29 is 22.7 Å². The highest BCUT2D eigenvalue weighted by molar-refractivity contribution is 7.89. The summed E-state index contributed by atoms with van der Waals surface area (Å²) in [5.41, 5.74) is 1.77. The zero-order chi connectivity index (χ0) is 22.1. The molecule has 0 aliphatic heterocycles. The van der Waals surface area contributed by atoms with Gasteiger partial charge in [-0.2, -0.15) is 0 Å². The Morgan fingerprint density at radius 2 is 1.45 bits per heavy atom. The van der Waals surface area contributed by atoms with Crippen LogP contribution in [0.15, 0.2) is 89.8 Å².